The van der Waals surface area contributed by atoms with Crippen molar-refractivity contribution in [1.29, 1.82) is 0 Å². The number of β-lactam (4-membered cyclic amide) rings is 1. The molecule has 0 spiro atoms. The first kappa shape index (κ1) is 42.7. The molecule has 4 rings (SSSR count). The number of aromatic nitrogens is 4. The number of nitrogens with zero attached hydrogens (tertiary/aromatic N) is 6. The number of nitrogens with one attached hydrogen (secondary N) is 2. The third-order valence-corrected chi connectivity index (χ3v) is 11.1. The van der Waals surface area contributed by atoms with Crippen molar-refractivity contribution in [3.63, 3.8) is 0 Å². The van der Waals surface area contributed by atoms with Gasteiger partial charge in [-0.15, -0.1) is 23.1 Å². The van der Waals surface area contributed by atoms with Crippen LogP contribution in [0.4, 0.5) is 5.13 Å². The number of aryl methyl sites for hydroxylation is 1. The minimum atomic E-state index is -3.83. The molecular weight excluding hydrogens is 733 g/mol. The molecule has 0 bridgehead atoms. The molecule has 48 heavy (non-hydrogen) atoms. The van der Waals surface area contributed by atoms with E-state index in [0.29, 0.717) is 5.57 Å². The van der Waals surface area contributed by atoms with Gasteiger partial charge in [0.05, 0.1) is 23.9 Å². The van der Waals surface area contributed by atoms with Crippen LogP contribution >= 0.6 is 42.6 Å². The van der Waals surface area contributed by atoms with Crippen LogP contribution in [0.3, 0.4) is 0 Å². The van der Waals surface area contributed by atoms with Crippen LogP contribution in [0.25, 0.3) is 0 Å². The molecule has 18 nitrogen and oxygen atoms in total. The molecule has 2 N–H and O–H groups in total. The molecule has 0 radical (unpaired) electrons. The second kappa shape index (κ2) is 18.1. The first-order valence-electron chi connectivity index (χ1n) is 13.4. The number of rotatable bonds is 14. The Morgan fingerprint density at radius 1 is 1.19 bits per heavy atom. The number of carboxylic acids is 1. The minimum Gasteiger partial charge on any atom is -0.857 e. The monoisotopic (exact) mass is 762 g/mol. The quantitative estimate of drug-likeness (QED) is 0.0266. The van der Waals surface area contributed by atoms with Gasteiger partial charge in [0.2, 0.25) is 0 Å². The van der Waals surface area contributed by atoms with Crippen LogP contribution in [0.5, 0.6) is 0 Å². The number of fused-ring (bicyclic) bond motifs is 1. The average molecular weight is 763 g/mol. The van der Waals surface area contributed by atoms with E-state index in [4.69, 9.17) is 13.9 Å². The summed E-state index contributed by atoms with van der Waals surface area (Å²) >= 11 is 3.15. The number of thiazole rings is 1. The molecule has 1 amide bonds. The number of anilines is 1. The molecule has 1 fully saturated rings. The van der Waals surface area contributed by atoms with Crippen LogP contribution in [0.2, 0.25) is 0 Å². The number of carbonyl (C=O) groups excluding carboxylic acids is 2. The summed E-state index contributed by atoms with van der Waals surface area (Å²) in [5.41, 5.74) is -2.31. The van der Waals surface area contributed by atoms with Crippen molar-refractivity contribution in [2.24, 2.45) is 17.2 Å². The van der Waals surface area contributed by atoms with Crippen LogP contribution in [-0.2, 0) is 35.1 Å². The van der Waals surface area contributed by atoms with Crippen LogP contribution in [0, 0.1) is 0 Å². The van der Waals surface area contributed by atoms with E-state index in [1.165, 1.54) is 36.0 Å². The van der Waals surface area contributed by atoms with E-state index in [1.807, 2.05) is 0 Å². The van der Waals surface area contributed by atoms with Gasteiger partial charge in [0.15, 0.2) is 16.3 Å². The fourth-order valence-electron chi connectivity index (χ4n) is 4.15. The Bertz CT molecular complexity index is 1770. The number of aliphatic imine (C=N–C) groups is 1. The Morgan fingerprint density at radius 2 is 1.83 bits per heavy atom. The molecule has 2 aliphatic rings. The van der Waals surface area contributed by atoms with Gasteiger partial charge in [0, 0.05) is 29.8 Å². The molecule has 2 aromatic rings. The molecule has 24 heteroatoms. The number of aromatic amines is 1. The van der Waals surface area contributed by atoms with Crippen LogP contribution in [0.15, 0.2) is 41.5 Å². The number of hydrogen-bond acceptors (Lipinski definition) is 17. The number of H-pyrrole nitrogens is 1. The van der Waals surface area contributed by atoms with Gasteiger partial charge < -0.3 is 19.8 Å². The minimum absolute atomic E-state index is 0. The molecule has 4 heterocycles. The number of carbonyl (C=O) groups is 2. The maximum Gasteiger partial charge on any atom is 1.00 e. The summed E-state index contributed by atoms with van der Waals surface area (Å²) in [5, 5.41) is 34.9. The summed E-state index contributed by atoms with van der Waals surface area (Å²) in [6.45, 7) is 6.74. The van der Waals surface area contributed by atoms with E-state index in [2.05, 4.69) is 30.3 Å². The van der Waals surface area contributed by atoms with Gasteiger partial charge in [0.1, 0.15) is 23.9 Å². The smallest absolute Gasteiger partial charge is 0.857 e. The number of hydrogen-bond donors (Lipinski definition) is 2. The van der Waals surface area contributed by atoms with Gasteiger partial charge >= 0.3 is 78.0 Å². The van der Waals surface area contributed by atoms with Crippen molar-refractivity contribution in [2.75, 3.05) is 23.7 Å². The van der Waals surface area contributed by atoms with Gasteiger partial charge in [-0.25, -0.2) is 9.55 Å². The summed E-state index contributed by atoms with van der Waals surface area (Å²) < 4.78 is 25.3. The van der Waals surface area contributed by atoms with Gasteiger partial charge in [0.25, 0.3) is 5.91 Å². The molecule has 2 aliphatic heterocycles. The molecule has 2 atom stereocenters. The molecule has 0 saturated carbocycles. The largest absolute Gasteiger partial charge is 1.00 e. The van der Waals surface area contributed by atoms with E-state index >= 15 is 0 Å². The van der Waals surface area contributed by atoms with Gasteiger partial charge in [-0.2, -0.15) is 4.98 Å². The Labute approximate surface area is 330 Å². The Kier molecular flexibility index (Phi) is 16.1. The maximum atomic E-state index is 13.2. The van der Waals surface area contributed by atoms with Crippen molar-refractivity contribution >= 4 is 71.2 Å². The fourth-order valence-corrected chi connectivity index (χ4v) is 9.17. The summed E-state index contributed by atoms with van der Waals surface area (Å²) in [5.74, 6) is -3.16. The number of amides is 1. The zero-order valence-corrected chi connectivity index (χ0v) is 34.6. The van der Waals surface area contributed by atoms with Crippen molar-refractivity contribution in [3.05, 3.63) is 43.1 Å². The zero-order chi connectivity index (χ0) is 33.9. The van der Waals surface area contributed by atoms with E-state index in [0.717, 1.165) is 28.0 Å². The van der Waals surface area contributed by atoms with Gasteiger partial charge in [-0.3, -0.25) is 48.2 Å². The van der Waals surface area contributed by atoms with Crippen molar-refractivity contribution in [2.45, 2.75) is 56.5 Å². The van der Waals surface area contributed by atoms with Crippen molar-refractivity contribution < 1.29 is 97.4 Å². The first-order chi connectivity index (χ1) is 21.6. The van der Waals surface area contributed by atoms with Gasteiger partial charge in [-0.05, 0) is 33.3 Å². The van der Waals surface area contributed by atoms with Crippen LogP contribution < -0.4 is 85.5 Å². The Hall–Kier alpha value is -1.49. The van der Waals surface area contributed by atoms with E-state index in [9.17, 15) is 34.0 Å². The van der Waals surface area contributed by atoms with E-state index in [-0.39, 0.29) is 98.0 Å². The number of carboxylic acid groups (broad SMARTS) is 1. The topological polar surface area (TPSA) is 246 Å². The number of aliphatic carboxylic acids is 1. The molecule has 1 saturated heterocycles. The second-order valence-electron chi connectivity index (χ2n) is 10.1. The zero-order valence-electron chi connectivity index (χ0n) is 27.2. The van der Waals surface area contributed by atoms with Crippen molar-refractivity contribution in [1.82, 2.24) is 24.6 Å². The Morgan fingerprint density at radius 3 is 2.42 bits per heavy atom. The van der Waals surface area contributed by atoms with E-state index < -0.39 is 60.3 Å². The summed E-state index contributed by atoms with van der Waals surface area (Å²) in [4.78, 5) is 66.1. The van der Waals surface area contributed by atoms with Crippen molar-refractivity contribution in [3.8, 4) is 0 Å². The first-order valence-corrected chi connectivity index (χ1v) is 17.8. The number of thioether (sulfide) groups is 2. The Balaban J connectivity index is 0.00000400. The summed E-state index contributed by atoms with van der Waals surface area (Å²) in [6.07, 6.45) is -0.880. The fraction of sp³-hybridized carbons (Fsp3) is 0.500. The molecule has 250 valence electrons. The molecule has 2 aromatic heterocycles. The van der Waals surface area contributed by atoms with Crippen LogP contribution in [-0.4, -0.2) is 90.4 Å². The average Bonchev–Trinajstić information content (AvgIpc) is 3.41. The number of oxime groups is 1. The normalized spacial score (nSPS) is 18.2. The maximum absolute atomic E-state index is 13.2. The predicted octanol–water partition coefficient (Wildman–Crippen LogP) is -6.51. The van der Waals surface area contributed by atoms with Crippen LogP contribution in [0.1, 0.15) is 33.4 Å². The summed E-state index contributed by atoms with van der Waals surface area (Å²) in [7, 11) is -1.17. The predicted molar refractivity (Wildman–Crippen MR) is 167 cm³/mol. The molecule has 0 aromatic carbocycles. The third-order valence-electron chi connectivity index (χ3n) is 5.86. The molecular formula is C24H29N8Na2O10PS3. The van der Waals surface area contributed by atoms with E-state index in [1.54, 1.807) is 27.7 Å². The molecule has 0 unspecified atom stereocenters. The third kappa shape index (κ3) is 10.1. The SMILES string of the molecule is CO/N=C(\C([O-])=N[C@@H]1C(=O)N2C(C(=O)[O-])=C(CSc3nc(=O)c(=O)[nH]n3C)CS[C@H]12)c1csc(NP(=O)(OC(C)C)OC(C)C)n1.[Na+].[Na+]. The second-order valence-corrected chi connectivity index (χ2v) is 14.6. The van der Waals surface area contributed by atoms with Gasteiger partial charge in [-0.1, -0.05) is 16.9 Å². The summed E-state index contributed by atoms with van der Waals surface area (Å²) in [6, 6.07) is -1.24. The molecule has 0 aliphatic carbocycles. The standard InChI is InChI=1S/C24H31N8O10PS3.2Na/c1-10(2)41-43(39,42-11(3)4)30-23-25-13(9-45-23)14(29-40-6)17(33)26-15-20(36)32-16(22(37)38)12(7-44-21(15)32)8-46-24-27-18(34)19(35)28-31(24)5;;/h9-11,15,21H,7-8H2,1-6H3,(H,26,33)(H,28,35)(H,37,38)(H,25,30,39);;/q;2*+1/p-2/b29-14-;;/t15-,21-;;/m1../s1.